The van der Waals surface area contributed by atoms with Gasteiger partial charge in [0.05, 0.1) is 12.3 Å². The third-order valence-corrected chi connectivity index (χ3v) is 7.10. The number of carboxylic acids is 1. The van der Waals surface area contributed by atoms with Gasteiger partial charge in [0, 0.05) is 34.2 Å². The maximum absolute atomic E-state index is 14.7. The monoisotopic (exact) mass is 527 g/mol. The minimum Gasteiger partial charge on any atom is -0.488 e. The molecular weight excluding hydrogens is 501 g/mol. The van der Waals surface area contributed by atoms with Gasteiger partial charge in [-0.05, 0) is 48.1 Å². The number of nitrogens with one attached hydrogen (secondary N) is 1. The van der Waals surface area contributed by atoms with Gasteiger partial charge in [-0.25, -0.2) is 19.2 Å². The van der Waals surface area contributed by atoms with Crippen molar-refractivity contribution in [2.24, 2.45) is 5.92 Å². The van der Waals surface area contributed by atoms with E-state index in [2.05, 4.69) is 24.1 Å². The van der Waals surface area contributed by atoms with E-state index in [0.29, 0.717) is 28.9 Å². The zero-order valence-corrected chi connectivity index (χ0v) is 21.7. The van der Waals surface area contributed by atoms with Crippen LogP contribution >= 0.6 is 22.7 Å². The number of aromatic carboxylic acids is 1. The fourth-order valence-electron chi connectivity index (χ4n) is 3.55. The summed E-state index contributed by atoms with van der Waals surface area (Å²) in [5, 5.41) is 15.3. The predicted molar refractivity (Wildman–Crippen MR) is 141 cm³/mol. The van der Waals surface area contributed by atoms with Gasteiger partial charge in [0.25, 0.3) is 0 Å². The standard InChI is InChI=1S/C26H26FN3O4S2/c1-15(2)11-22-23(16-6-7-20(19(27)13-16)34-9-8-33-3)29-26(36-22)30-24-18(25(31)32)12-17(14-28-24)21-5-4-10-35-21/h4-7,10,12-15H,8-9,11H2,1-3H3,(H,31,32)(H,28,29,30). The van der Waals surface area contributed by atoms with Crippen LogP contribution in [0.25, 0.3) is 21.7 Å². The molecule has 0 saturated heterocycles. The van der Waals surface area contributed by atoms with Crippen molar-refractivity contribution >= 4 is 39.6 Å². The Bertz CT molecular complexity index is 1340. The molecule has 0 spiro atoms. The molecule has 2 N–H and O–H groups in total. The number of nitrogens with zero attached hydrogens (tertiary/aromatic N) is 2. The van der Waals surface area contributed by atoms with Gasteiger partial charge in [-0.3, -0.25) is 0 Å². The molecule has 0 fully saturated rings. The Morgan fingerprint density at radius 3 is 2.69 bits per heavy atom. The van der Waals surface area contributed by atoms with Crippen LogP contribution in [0.4, 0.5) is 15.3 Å². The predicted octanol–water partition coefficient (Wildman–Crippen LogP) is 6.74. The maximum Gasteiger partial charge on any atom is 0.339 e. The van der Waals surface area contributed by atoms with Gasteiger partial charge in [0.15, 0.2) is 16.7 Å². The van der Waals surface area contributed by atoms with Gasteiger partial charge < -0.3 is 19.9 Å². The topological polar surface area (TPSA) is 93.6 Å². The number of anilines is 2. The Labute approximate surface area is 216 Å². The number of hydrogen-bond donors (Lipinski definition) is 2. The molecule has 0 bridgehead atoms. The first kappa shape index (κ1) is 25.7. The van der Waals surface area contributed by atoms with Gasteiger partial charge in [-0.1, -0.05) is 19.9 Å². The first-order valence-electron chi connectivity index (χ1n) is 11.3. The van der Waals surface area contributed by atoms with E-state index >= 15 is 0 Å². The fourth-order valence-corrected chi connectivity index (χ4v) is 5.45. The summed E-state index contributed by atoms with van der Waals surface area (Å²) < 4.78 is 25.1. The van der Waals surface area contributed by atoms with Crippen molar-refractivity contribution < 1.29 is 23.8 Å². The third-order valence-electron chi connectivity index (χ3n) is 5.19. The zero-order chi connectivity index (χ0) is 25.7. The summed E-state index contributed by atoms with van der Waals surface area (Å²) in [6.45, 7) is 4.80. The Kier molecular flexibility index (Phi) is 8.29. The molecule has 0 amide bonds. The summed E-state index contributed by atoms with van der Waals surface area (Å²) >= 11 is 2.92. The molecular formula is C26H26FN3O4S2. The van der Waals surface area contributed by atoms with Crippen molar-refractivity contribution in [1.29, 1.82) is 0 Å². The van der Waals surface area contributed by atoms with E-state index in [1.165, 1.54) is 28.7 Å². The summed E-state index contributed by atoms with van der Waals surface area (Å²) in [5.74, 6) is -0.881. The summed E-state index contributed by atoms with van der Waals surface area (Å²) in [4.78, 5) is 23.0. The number of aromatic nitrogens is 2. The summed E-state index contributed by atoms with van der Waals surface area (Å²) in [5.41, 5.74) is 2.04. The number of ether oxygens (including phenoxy) is 2. The lowest BCUT2D eigenvalue weighted by molar-refractivity contribution is 0.0697. The number of halogens is 1. The van der Waals surface area contributed by atoms with Crippen LogP contribution in [0, 0.1) is 11.7 Å². The summed E-state index contributed by atoms with van der Waals surface area (Å²) in [7, 11) is 1.56. The highest BCUT2D eigenvalue weighted by Crippen LogP contribution is 2.36. The molecule has 0 aliphatic rings. The maximum atomic E-state index is 14.7. The van der Waals surface area contributed by atoms with E-state index in [0.717, 1.165) is 21.7 Å². The number of rotatable bonds is 11. The van der Waals surface area contributed by atoms with Gasteiger partial charge in [-0.15, -0.1) is 22.7 Å². The van der Waals surface area contributed by atoms with E-state index in [4.69, 9.17) is 14.5 Å². The SMILES string of the molecule is COCCOc1ccc(-c2nc(Nc3ncc(-c4cccs4)cc3C(=O)O)sc2CC(C)C)cc1F. The minimum atomic E-state index is -1.09. The molecule has 0 aliphatic heterocycles. The van der Waals surface area contributed by atoms with E-state index < -0.39 is 11.8 Å². The van der Waals surface area contributed by atoms with Crippen LogP contribution < -0.4 is 10.1 Å². The Hall–Kier alpha value is -3.34. The van der Waals surface area contributed by atoms with Gasteiger partial charge in [0.2, 0.25) is 0 Å². The van der Waals surface area contributed by atoms with Crippen LogP contribution in [0.5, 0.6) is 5.75 Å². The normalized spacial score (nSPS) is 11.1. The van der Waals surface area contributed by atoms with Crippen LogP contribution in [-0.4, -0.2) is 41.4 Å². The third kappa shape index (κ3) is 6.07. The number of thiophene rings is 1. The second kappa shape index (κ2) is 11.6. The van der Waals surface area contributed by atoms with Crippen LogP contribution in [-0.2, 0) is 11.2 Å². The van der Waals surface area contributed by atoms with Crippen molar-refractivity contribution in [1.82, 2.24) is 9.97 Å². The first-order valence-corrected chi connectivity index (χ1v) is 13.0. The number of carboxylic acid groups (broad SMARTS) is 1. The molecule has 0 unspecified atom stereocenters. The molecule has 0 saturated carbocycles. The van der Waals surface area contributed by atoms with Crippen LogP contribution in [0.1, 0.15) is 29.1 Å². The molecule has 1 aromatic carbocycles. The molecule has 3 heterocycles. The van der Waals surface area contributed by atoms with E-state index in [9.17, 15) is 14.3 Å². The molecule has 4 rings (SSSR count). The Balaban J connectivity index is 1.65. The highest BCUT2D eigenvalue weighted by atomic mass is 32.1. The van der Waals surface area contributed by atoms with Crippen LogP contribution in [0.3, 0.4) is 0 Å². The molecule has 4 aromatic rings. The zero-order valence-electron chi connectivity index (χ0n) is 20.1. The van der Waals surface area contributed by atoms with Crippen molar-refractivity contribution in [3.05, 3.63) is 64.2 Å². The van der Waals surface area contributed by atoms with E-state index in [1.54, 1.807) is 31.5 Å². The van der Waals surface area contributed by atoms with E-state index in [-0.39, 0.29) is 23.7 Å². The Morgan fingerprint density at radius 2 is 2.03 bits per heavy atom. The van der Waals surface area contributed by atoms with E-state index in [1.807, 2.05) is 17.5 Å². The summed E-state index contributed by atoms with van der Waals surface area (Å²) in [6, 6.07) is 10.2. The van der Waals surface area contributed by atoms with Gasteiger partial charge in [0.1, 0.15) is 18.0 Å². The molecule has 188 valence electrons. The first-order chi connectivity index (χ1) is 17.4. The average Bonchev–Trinajstić information content (AvgIpc) is 3.50. The lowest BCUT2D eigenvalue weighted by Crippen LogP contribution is -2.05. The van der Waals surface area contributed by atoms with Crippen LogP contribution in [0.2, 0.25) is 0 Å². The number of benzene rings is 1. The number of hydrogen-bond acceptors (Lipinski definition) is 8. The molecule has 0 atom stereocenters. The van der Waals surface area contributed by atoms with Crippen LogP contribution in [0.15, 0.2) is 48.0 Å². The molecule has 36 heavy (non-hydrogen) atoms. The molecule has 0 radical (unpaired) electrons. The van der Waals surface area contributed by atoms with Gasteiger partial charge >= 0.3 is 5.97 Å². The second-order valence-corrected chi connectivity index (χ2v) is 10.4. The fraction of sp³-hybridized carbons (Fsp3) is 0.269. The highest BCUT2D eigenvalue weighted by Gasteiger charge is 2.19. The quantitative estimate of drug-likeness (QED) is 0.209. The van der Waals surface area contributed by atoms with Crippen molar-refractivity contribution in [3.8, 4) is 27.4 Å². The van der Waals surface area contributed by atoms with Gasteiger partial charge in [-0.2, -0.15) is 0 Å². The molecule has 10 heteroatoms. The second-order valence-electron chi connectivity index (χ2n) is 8.40. The largest absolute Gasteiger partial charge is 0.488 e. The lowest BCUT2D eigenvalue weighted by Gasteiger charge is -2.09. The smallest absolute Gasteiger partial charge is 0.339 e. The Morgan fingerprint density at radius 1 is 1.19 bits per heavy atom. The highest BCUT2D eigenvalue weighted by molar-refractivity contribution is 7.16. The number of carbonyl (C=O) groups is 1. The lowest BCUT2D eigenvalue weighted by atomic mass is 10.0. The number of methoxy groups -OCH3 is 1. The average molecular weight is 528 g/mol. The van der Waals surface area contributed by atoms with Crippen molar-refractivity contribution in [3.63, 3.8) is 0 Å². The molecule has 7 nitrogen and oxygen atoms in total. The summed E-state index contributed by atoms with van der Waals surface area (Å²) in [6.07, 6.45) is 2.38. The molecule has 3 aromatic heterocycles. The van der Waals surface area contributed by atoms with Crippen molar-refractivity contribution in [2.45, 2.75) is 20.3 Å². The number of thiazole rings is 1. The molecule has 0 aliphatic carbocycles. The van der Waals surface area contributed by atoms with Crippen molar-refractivity contribution in [2.75, 3.05) is 25.6 Å². The minimum absolute atomic E-state index is 0.0478. The number of pyridine rings is 1.